The molecule has 2 fully saturated rings. The molecule has 0 spiro atoms. The van der Waals surface area contributed by atoms with Gasteiger partial charge in [-0.25, -0.2) is 0 Å². The fourth-order valence-corrected chi connectivity index (χ4v) is 1.96. The highest BCUT2D eigenvalue weighted by molar-refractivity contribution is 5.85. The first-order valence-electron chi connectivity index (χ1n) is 4.80. The molecule has 1 aliphatic carbocycles. The molecule has 1 aliphatic heterocycles. The van der Waals surface area contributed by atoms with E-state index in [0.29, 0.717) is 0 Å². The monoisotopic (exact) mass is 190 g/mol. The van der Waals surface area contributed by atoms with Crippen molar-refractivity contribution in [1.82, 2.24) is 10.2 Å². The molecule has 12 heavy (non-hydrogen) atoms. The standard InChI is InChI=1S/C9H18N2.ClH/c1-11(8-4-5-8)9-3-2-6-10-7-9;/h8-10H,2-7H2,1H3;1H/t9-;/m0./s1. The molecule has 0 aromatic carbocycles. The number of piperidine rings is 1. The van der Waals surface area contributed by atoms with Gasteiger partial charge < -0.3 is 5.32 Å². The summed E-state index contributed by atoms with van der Waals surface area (Å²) in [6.45, 7) is 2.45. The summed E-state index contributed by atoms with van der Waals surface area (Å²) in [6.07, 6.45) is 5.64. The largest absolute Gasteiger partial charge is 0.315 e. The molecule has 1 saturated carbocycles. The topological polar surface area (TPSA) is 15.3 Å². The molecule has 2 nitrogen and oxygen atoms in total. The first-order valence-corrected chi connectivity index (χ1v) is 4.80. The van der Waals surface area contributed by atoms with Crippen LogP contribution in [0.2, 0.25) is 0 Å². The predicted octanol–water partition coefficient (Wildman–Crippen LogP) is 1.25. The second-order valence-electron chi connectivity index (χ2n) is 3.90. The first-order chi connectivity index (χ1) is 5.38. The van der Waals surface area contributed by atoms with Gasteiger partial charge in [0, 0.05) is 18.6 Å². The Morgan fingerprint density at radius 2 is 1.92 bits per heavy atom. The lowest BCUT2D eigenvalue weighted by Crippen LogP contribution is -2.44. The van der Waals surface area contributed by atoms with Gasteiger partial charge >= 0.3 is 0 Å². The third kappa shape index (κ3) is 2.35. The van der Waals surface area contributed by atoms with E-state index in [-0.39, 0.29) is 12.4 Å². The Bertz CT molecular complexity index is 130. The fourth-order valence-electron chi connectivity index (χ4n) is 1.96. The smallest absolute Gasteiger partial charge is 0.0220 e. The minimum absolute atomic E-state index is 0. The van der Waals surface area contributed by atoms with E-state index in [1.165, 1.54) is 38.8 Å². The quantitative estimate of drug-likeness (QED) is 0.706. The number of likely N-dealkylation sites (N-methyl/N-ethyl adjacent to an activating group) is 1. The van der Waals surface area contributed by atoms with Crippen LogP contribution in [0.1, 0.15) is 25.7 Å². The number of hydrogen-bond acceptors (Lipinski definition) is 2. The van der Waals surface area contributed by atoms with Gasteiger partial charge in [-0.2, -0.15) is 0 Å². The molecule has 0 aromatic rings. The molecule has 1 heterocycles. The molecule has 1 saturated heterocycles. The maximum atomic E-state index is 3.46. The van der Waals surface area contributed by atoms with Crippen LogP contribution in [0.3, 0.4) is 0 Å². The number of rotatable bonds is 2. The molecule has 0 amide bonds. The van der Waals surface area contributed by atoms with Crippen LogP contribution in [0, 0.1) is 0 Å². The summed E-state index contributed by atoms with van der Waals surface area (Å²) in [7, 11) is 2.29. The van der Waals surface area contributed by atoms with Gasteiger partial charge in [-0.3, -0.25) is 4.90 Å². The van der Waals surface area contributed by atoms with Crippen LogP contribution in [-0.4, -0.2) is 37.1 Å². The van der Waals surface area contributed by atoms with E-state index < -0.39 is 0 Å². The van der Waals surface area contributed by atoms with Gasteiger partial charge in [0.1, 0.15) is 0 Å². The van der Waals surface area contributed by atoms with Crippen molar-refractivity contribution in [3.63, 3.8) is 0 Å². The minimum Gasteiger partial charge on any atom is -0.315 e. The Morgan fingerprint density at radius 3 is 2.42 bits per heavy atom. The van der Waals surface area contributed by atoms with E-state index in [9.17, 15) is 0 Å². The van der Waals surface area contributed by atoms with Gasteiger partial charge in [0.25, 0.3) is 0 Å². The van der Waals surface area contributed by atoms with Crippen molar-refractivity contribution in [2.45, 2.75) is 37.8 Å². The Balaban J connectivity index is 0.000000720. The summed E-state index contributed by atoms with van der Waals surface area (Å²) in [5, 5.41) is 3.46. The van der Waals surface area contributed by atoms with Crippen molar-refractivity contribution in [2.24, 2.45) is 0 Å². The summed E-state index contributed by atoms with van der Waals surface area (Å²) in [5.74, 6) is 0. The van der Waals surface area contributed by atoms with Crippen LogP contribution in [0.25, 0.3) is 0 Å². The molecule has 0 aromatic heterocycles. The van der Waals surface area contributed by atoms with Gasteiger partial charge in [0.2, 0.25) is 0 Å². The van der Waals surface area contributed by atoms with Crippen LogP contribution in [-0.2, 0) is 0 Å². The van der Waals surface area contributed by atoms with Crippen LogP contribution in [0.5, 0.6) is 0 Å². The first kappa shape index (κ1) is 10.3. The van der Waals surface area contributed by atoms with E-state index in [0.717, 1.165) is 12.1 Å². The molecular weight excluding hydrogens is 172 g/mol. The normalized spacial score (nSPS) is 30.0. The van der Waals surface area contributed by atoms with E-state index in [4.69, 9.17) is 0 Å². The summed E-state index contributed by atoms with van der Waals surface area (Å²) >= 11 is 0. The molecule has 2 aliphatic rings. The third-order valence-electron chi connectivity index (χ3n) is 2.97. The zero-order chi connectivity index (χ0) is 7.68. The highest BCUT2D eigenvalue weighted by atomic mass is 35.5. The third-order valence-corrected chi connectivity index (χ3v) is 2.97. The highest BCUT2D eigenvalue weighted by Gasteiger charge is 2.31. The highest BCUT2D eigenvalue weighted by Crippen LogP contribution is 2.28. The van der Waals surface area contributed by atoms with Crippen molar-refractivity contribution in [1.29, 1.82) is 0 Å². The minimum atomic E-state index is 0. The second kappa shape index (κ2) is 4.45. The average molecular weight is 191 g/mol. The van der Waals surface area contributed by atoms with Crippen molar-refractivity contribution in [2.75, 3.05) is 20.1 Å². The lowest BCUT2D eigenvalue weighted by Gasteiger charge is -2.31. The lowest BCUT2D eigenvalue weighted by molar-refractivity contribution is 0.195. The summed E-state index contributed by atoms with van der Waals surface area (Å²) in [4.78, 5) is 2.58. The fraction of sp³-hybridized carbons (Fsp3) is 1.00. The van der Waals surface area contributed by atoms with Gasteiger partial charge in [0.15, 0.2) is 0 Å². The number of nitrogens with one attached hydrogen (secondary N) is 1. The number of halogens is 1. The molecule has 1 N–H and O–H groups in total. The average Bonchev–Trinajstić information content (AvgIpc) is 2.87. The van der Waals surface area contributed by atoms with E-state index in [1.54, 1.807) is 0 Å². The van der Waals surface area contributed by atoms with E-state index in [1.807, 2.05) is 0 Å². The van der Waals surface area contributed by atoms with Gasteiger partial charge in [-0.1, -0.05) is 0 Å². The van der Waals surface area contributed by atoms with Crippen LogP contribution >= 0.6 is 12.4 Å². The SMILES string of the molecule is CN(C1CC1)[C@H]1CCCNC1.Cl. The van der Waals surface area contributed by atoms with Gasteiger partial charge in [-0.15, -0.1) is 12.4 Å². The zero-order valence-electron chi connectivity index (χ0n) is 7.75. The molecule has 0 radical (unpaired) electrons. The molecule has 1 atom stereocenters. The Hall–Kier alpha value is 0.210. The zero-order valence-corrected chi connectivity index (χ0v) is 8.57. The van der Waals surface area contributed by atoms with Crippen molar-refractivity contribution >= 4 is 12.4 Å². The van der Waals surface area contributed by atoms with Crippen LogP contribution in [0.4, 0.5) is 0 Å². The maximum Gasteiger partial charge on any atom is 0.0220 e. The van der Waals surface area contributed by atoms with Crippen LogP contribution < -0.4 is 5.32 Å². The molecule has 0 bridgehead atoms. The second-order valence-corrected chi connectivity index (χ2v) is 3.90. The molecule has 2 rings (SSSR count). The molecule has 0 unspecified atom stereocenters. The van der Waals surface area contributed by atoms with Crippen LogP contribution in [0.15, 0.2) is 0 Å². The van der Waals surface area contributed by atoms with Crippen molar-refractivity contribution in [3.05, 3.63) is 0 Å². The maximum absolute atomic E-state index is 3.46. The lowest BCUT2D eigenvalue weighted by atomic mass is 10.1. The van der Waals surface area contributed by atoms with E-state index in [2.05, 4.69) is 17.3 Å². The van der Waals surface area contributed by atoms with Crippen molar-refractivity contribution < 1.29 is 0 Å². The molecular formula is C9H19ClN2. The van der Waals surface area contributed by atoms with Gasteiger partial charge in [0.05, 0.1) is 0 Å². The number of nitrogens with zero attached hydrogens (tertiary/aromatic N) is 1. The van der Waals surface area contributed by atoms with E-state index >= 15 is 0 Å². The predicted molar refractivity (Wildman–Crippen MR) is 53.9 cm³/mol. The summed E-state index contributed by atoms with van der Waals surface area (Å²) in [5.41, 5.74) is 0. The molecule has 3 heteroatoms. The Labute approximate surface area is 81.1 Å². The van der Waals surface area contributed by atoms with Crippen molar-refractivity contribution in [3.8, 4) is 0 Å². The summed E-state index contributed by atoms with van der Waals surface area (Å²) in [6, 6.07) is 1.76. The Morgan fingerprint density at radius 1 is 1.17 bits per heavy atom. The Kier molecular flexibility index (Phi) is 3.81. The number of hydrogen-bond donors (Lipinski definition) is 1. The summed E-state index contributed by atoms with van der Waals surface area (Å²) < 4.78 is 0. The van der Waals surface area contributed by atoms with Gasteiger partial charge in [-0.05, 0) is 39.3 Å². The molecule has 72 valence electrons.